The molecule has 4 nitrogen and oxygen atoms in total. The molecule has 0 radical (unpaired) electrons. The van der Waals surface area contributed by atoms with Gasteiger partial charge in [0.1, 0.15) is 6.61 Å². The Kier molecular flexibility index (Phi) is 14.8. The zero-order valence-corrected chi connectivity index (χ0v) is 15.2. The van der Waals surface area contributed by atoms with E-state index >= 15 is 0 Å². The Morgan fingerprint density at radius 3 is 2.30 bits per heavy atom. The highest BCUT2D eigenvalue weighted by atomic mass is 32.2. The second kappa shape index (κ2) is 15.7. The number of ether oxygens (including phenoxy) is 1. The lowest BCUT2D eigenvalue weighted by Gasteiger charge is -2.06. The summed E-state index contributed by atoms with van der Waals surface area (Å²) in [7, 11) is 0. The zero-order valence-electron chi connectivity index (χ0n) is 14.4. The summed E-state index contributed by atoms with van der Waals surface area (Å²) in [6.07, 6.45) is 11.7. The fourth-order valence-corrected chi connectivity index (χ4v) is 2.65. The summed E-state index contributed by atoms with van der Waals surface area (Å²) in [4.78, 5) is 22.7. The highest BCUT2D eigenvalue weighted by Crippen LogP contribution is 2.11. The van der Waals surface area contributed by atoms with E-state index in [1.54, 1.807) is 6.92 Å². The molecule has 23 heavy (non-hydrogen) atoms. The molecule has 0 aliphatic heterocycles. The lowest BCUT2D eigenvalue weighted by Crippen LogP contribution is -2.25. The Balaban J connectivity index is 3.29. The molecule has 0 bridgehead atoms. The van der Waals surface area contributed by atoms with Crippen molar-refractivity contribution >= 4 is 23.0 Å². The standard InChI is InChI=1S/C18H31NO3S/c1-4-5-6-7-8-9-10-11-12-15-23-18(21)19-13-14-22-17(20)16(2)3/h4H,1-2,5-15H2,3H3,(H,19,21). The smallest absolute Gasteiger partial charge is 0.333 e. The van der Waals surface area contributed by atoms with E-state index < -0.39 is 5.97 Å². The molecule has 5 heteroatoms. The van der Waals surface area contributed by atoms with Crippen LogP contribution >= 0.6 is 11.8 Å². The van der Waals surface area contributed by atoms with Crippen LogP contribution in [0.15, 0.2) is 24.8 Å². The normalized spacial score (nSPS) is 10.1. The molecule has 1 N–H and O–H groups in total. The fourth-order valence-electron chi connectivity index (χ4n) is 1.91. The van der Waals surface area contributed by atoms with Crippen molar-refractivity contribution in [2.75, 3.05) is 18.9 Å². The van der Waals surface area contributed by atoms with Gasteiger partial charge in [0.2, 0.25) is 0 Å². The first kappa shape index (κ1) is 21.8. The van der Waals surface area contributed by atoms with Gasteiger partial charge in [-0.1, -0.05) is 56.5 Å². The third-order valence-electron chi connectivity index (χ3n) is 3.24. The molecule has 0 rings (SSSR count). The van der Waals surface area contributed by atoms with Gasteiger partial charge in [0, 0.05) is 11.3 Å². The van der Waals surface area contributed by atoms with Gasteiger partial charge in [0.25, 0.3) is 5.24 Å². The quantitative estimate of drug-likeness (QED) is 0.212. The molecule has 0 aliphatic rings. The number of hydrogen-bond donors (Lipinski definition) is 1. The minimum absolute atomic E-state index is 0.0548. The Labute approximate surface area is 145 Å². The number of unbranched alkanes of at least 4 members (excludes halogenated alkanes) is 7. The number of amides is 1. The summed E-state index contributed by atoms with van der Waals surface area (Å²) in [6.45, 7) is 9.33. The number of nitrogens with one attached hydrogen (secondary N) is 1. The monoisotopic (exact) mass is 341 g/mol. The molecular formula is C18H31NO3S. The molecule has 0 aromatic carbocycles. The Morgan fingerprint density at radius 2 is 1.70 bits per heavy atom. The molecule has 0 spiro atoms. The van der Waals surface area contributed by atoms with Gasteiger partial charge >= 0.3 is 5.97 Å². The largest absolute Gasteiger partial charge is 0.460 e. The van der Waals surface area contributed by atoms with Crippen LogP contribution in [-0.2, 0) is 9.53 Å². The van der Waals surface area contributed by atoms with Crippen molar-refractivity contribution in [1.82, 2.24) is 5.32 Å². The van der Waals surface area contributed by atoms with Crippen LogP contribution in [0.3, 0.4) is 0 Å². The minimum atomic E-state index is -0.420. The number of hydrogen-bond acceptors (Lipinski definition) is 4. The second-order valence-corrected chi connectivity index (χ2v) is 6.60. The number of carbonyl (C=O) groups is 2. The maximum absolute atomic E-state index is 11.5. The molecule has 0 fully saturated rings. The van der Waals surface area contributed by atoms with Crippen molar-refractivity contribution in [2.45, 2.75) is 58.3 Å². The maximum atomic E-state index is 11.5. The van der Waals surface area contributed by atoms with Crippen molar-refractivity contribution in [3.8, 4) is 0 Å². The predicted molar refractivity (Wildman–Crippen MR) is 98.8 cm³/mol. The van der Waals surface area contributed by atoms with Gasteiger partial charge in [-0.05, 0) is 26.2 Å². The van der Waals surface area contributed by atoms with Crippen molar-refractivity contribution < 1.29 is 14.3 Å². The molecule has 1 amide bonds. The summed E-state index contributed by atoms with van der Waals surface area (Å²) in [5.41, 5.74) is 0.367. The third-order valence-corrected chi connectivity index (χ3v) is 4.14. The Bertz CT molecular complexity index is 369. The second-order valence-electron chi connectivity index (χ2n) is 5.53. The average molecular weight is 342 g/mol. The number of carbonyl (C=O) groups excluding carboxylic acids is 2. The molecule has 0 unspecified atom stereocenters. The van der Waals surface area contributed by atoms with E-state index in [1.807, 2.05) is 6.08 Å². The van der Waals surface area contributed by atoms with Gasteiger partial charge in [0.15, 0.2) is 0 Å². The summed E-state index contributed by atoms with van der Waals surface area (Å²) < 4.78 is 4.89. The fraction of sp³-hybridized carbons (Fsp3) is 0.667. The molecule has 0 saturated carbocycles. The molecular weight excluding hydrogens is 310 g/mol. The van der Waals surface area contributed by atoms with E-state index in [1.165, 1.54) is 50.3 Å². The van der Waals surface area contributed by atoms with Gasteiger partial charge in [-0.3, -0.25) is 4.79 Å². The van der Waals surface area contributed by atoms with E-state index in [4.69, 9.17) is 4.74 Å². The van der Waals surface area contributed by atoms with E-state index in [-0.39, 0.29) is 11.8 Å². The molecule has 0 aromatic heterocycles. The summed E-state index contributed by atoms with van der Waals surface area (Å²) in [6, 6.07) is 0. The highest BCUT2D eigenvalue weighted by molar-refractivity contribution is 8.13. The number of esters is 1. The minimum Gasteiger partial charge on any atom is -0.460 e. The van der Waals surface area contributed by atoms with Crippen LogP contribution in [0, 0.1) is 0 Å². The van der Waals surface area contributed by atoms with Gasteiger partial charge in [-0.25, -0.2) is 4.79 Å². The van der Waals surface area contributed by atoms with Gasteiger partial charge in [-0.15, -0.1) is 6.58 Å². The molecule has 132 valence electrons. The third kappa shape index (κ3) is 15.4. The van der Waals surface area contributed by atoms with Crippen LogP contribution in [-0.4, -0.2) is 30.1 Å². The summed E-state index contributed by atoms with van der Waals surface area (Å²) in [5, 5.41) is 2.66. The maximum Gasteiger partial charge on any atom is 0.333 e. The zero-order chi connectivity index (χ0) is 17.3. The first-order valence-electron chi connectivity index (χ1n) is 8.42. The van der Waals surface area contributed by atoms with Crippen molar-refractivity contribution in [2.24, 2.45) is 0 Å². The van der Waals surface area contributed by atoms with Gasteiger partial charge in [-0.2, -0.15) is 0 Å². The van der Waals surface area contributed by atoms with E-state index in [0.29, 0.717) is 12.1 Å². The average Bonchev–Trinajstić information content (AvgIpc) is 2.53. The van der Waals surface area contributed by atoms with E-state index in [2.05, 4.69) is 18.5 Å². The van der Waals surface area contributed by atoms with E-state index in [9.17, 15) is 9.59 Å². The topological polar surface area (TPSA) is 55.4 Å². The summed E-state index contributed by atoms with van der Waals surface area (Å²) in [5.74, 6) is 0.421. The lowest BCUT2D eigenvalue weighted by atomic mass is 10.1. The number of allylic oxidation sites excluding steroid dienone is 1. The number of thioether (sulfide) groups is 1. The Hall–Kier alpha value is -1.23. The first-order valence-corrected chi connectivity index (χ1v) is 9.40. The summed E-state index contributed by atoms with van der Waals surface area (Å²) >= 11 is 1.30. The van der Waals surface area contributed by atoms with Crippen molar-refractivity contribution in [3.05, 3.63) is 24.8 Å². The van der Waals surface area contributed by atoms with Gasteiger partial charge < -0.3 is 10.1 Å². The SMILES string of the molecule is C=CCCCCCCCCCSC(=O)NCCOC(=O)C(=C)C. The van der Waals surface area contributed by atoms with Crippen LogP contribution in [0.5, 0.6) is 0 Å². The first-order chi connectivity index (χ1) is 11.1. The van der Waals surface area contributed by atoms with E-state index in [0.717, 1.165) is 18.6 Å². The van der Waals surface area contributed by atoms with Crippen LogP contribution < -0.4 is 5.32 Å². The highest BCUT2D eigenvalue weighted by Gasteiger charge is 2.04. The molecule has 0 aliphatic carbocycles. The molecule has 0 atom stereocenters. The Morgan fingerprint density at radius 1 is 1.09 bits per heavy atom. The van der Waals surface area contributed by atoms with Crippen LogP contribution in [0.2, 0.25) is 0 Å². The van der Waals surface area contributed by atoms with Crippen LogP contribution in [0.4, 0.5) is 4.79 Å². The van der Waals surface area contributed by atoms with Crippen LogP contribution in [0.25, 0.3) is 0 Å². The molecule has 0 saturated heterocycles. The lowest BCUT2D eigenvalue weighted by molar-refractivity contribution is -0.138. The van der Waals surface area contributed by atoms with Crippen LogP contribution in [0.1, 0.15) is 58.3 Å². The van der Waals surface area contributed by atoms with Crippen molar-refractivity contribution in [1.29, 1.82) is 0 Å². The number of rotatable bonds is 14. The van der Waals surface area contributed by atoms with Crippen molar-refractivity contribution in [3.63, 3.8) is 0 Å². The predicted octanol–water partition coefficient (Wildman–Crippen LogP) is 4.86. The molecule has 0 aromatic rings. The molecule has 0 heterocycles. The van der Waals surface area contributed by atoms with Gasteiger partial charge in [0.05, 0.1) is 6.54 Å².